The van der Waals surface area contributed by atoms with Crippen molar-refractivity contribution in [2.75, 3.05) is 6.54 Å². The molecule has 2 aromatic heterocycles. The second kappa shape index (κ2) is 8.33. The standard InChI is InChI=1S/C19H19FN4O2/c1-2-24(13-14-5-3-7-16(20)11-14)18(25)9-8-17-22-19(23-26-17)15-6-4-10-21-12-15/h3-7,10-12H,2,8-9,13H2,1H3. The van der Waals surface area contributed by atoms with E-state index in [0.29, 0.717) is 31.2 Å². The third-order valence-electron chi connectivity index (χ3n) is 3.94. The number of halogens is 1. The Bertz CT molecular complexity index is 867. The molecule has 134 valence electrons. The lowest BCUT2D eigenvalue weighted by molar-refractivity contribution is -0.131. The number of hydrogen-bond acceptors (Lipinski definition) is 5. The maximum absolute atomic E-state index is 13.3. The highest BCUT2D eigenvalue weighted by Crippen LogP contribution is 2.15. The fourth-order valence-corrected chi connectivity index (χ4v) is 2.57. The van der Waals surface area contributed by atoms with Gasteiger partial charge < -0.3 is 9.42 Å². The van der Waals surface area contributed by atoms with E-state index in [1.54, 1.807) is 35.5 Å². The molecule has 0 bridgehead atoms. The van der Waals surface area contributed by atoms with E-state index in [2.05, 4.69) is 15.1 Å². The van der Waals surface area contributed by atoms with Crippen molar-refractivity contribution in [3.63, 3.8) is 0 Å². The molecule has 6 nitrogen and oxygen atoms in total. The number of aryl methyl sites for hydroxylation is 1. The van der Waals surface area contributed by atoms with Gasteiger partial charge in [0.05, 0.1) is 0 Å². The molecule has 0 spiro atoms. The van der Waals surface area contributed by atoms with E-state index in [1.165, 1.54) is 12.1 Å². The van der Waals surface area contributed by atoms with Gasteiger partial charge in [0.1, 0.15) is 5.82 Å². The lowest BCUT2D eigenvalue weighted by Crippen LogP contribution is -2.30. The van der Waals surface area contributed by atoms with E-state index in [4.69, 9.17) is 4.52 Å². The number of rotatable bonds is 7. The number of carbonyl (C=O) groups is 1. The summed E-state index contributed by atoms with van der Waals surface area (Å²) in [5, 5.41) is 3.91. The van der Waals surface area contributed by atoms with Gasteiger partial charge in [0.25, 0.3) is 0 Å². The number of nitrogens with zero attached hydrogens (tertiary/aromatic N) is 4. The summed E-state index contributed by atoms with van der Waals surface area (Å²) in [4.78, 5) is 22.4. The van der Waals surface area contributed by atoms with Crippen LogP contribution in [0.4, 0.5) is 4.39 Å². The topological polar surface area (TPSA) is 72.1 Å². The Morgan fingerprint density at radius 3 is 2.88 bits per heavy atom. The zero-order valence-corrected chi connectivity index (χ0v) is 14.4. The molecule has 3 rings (SSSR count). The van der Waals surface area contributed by atoms with Crippen LogP contribution in [0.1, 0.15) is 24.8 Å². The van der Waals surface area contributed by atoms with Crippen molar-refractivity contribution < 1.29 is 13.7 Å². The fourth-order valence-electron chi connectivity index (χ4n) is 2.57. The van der Waals surface area contributed by atoms with Gasteiger partial charge >= 0.3 is 0 Å². The van der Waals surface area contributed by atoms with Crippen molar-refractivity contribution in [1.82, 2.24) is 20.0 Å². The van der Waals surface area contributed by atoms with Gasteiger partial charge in [-0.15, -0.1) is 0 Å². The second-order valence-electron chi connectivity index (χ2n) is 5.79. The number of benzene rings is 1. The Kier molecular flexibility index (Phi) is 5.68. The van der Waals surface area contributed by atoms with E-state index >= 15 is 0 Å². The van der Waals surface area contributed by atoms with Gasteiger partial charge in [0, 0.05) is 43.9 Å². The van der Waals surface area contributed by atoms with Gasteiger partial charge in [-0.2, -0.15) is 4.98 Å². The van der Waals surface area contributed by atoms with Crippen LogP contribution in [0.2, 0.25) is 0 Å². The summed E-state index contributed by atoms with van der Waals surface area (Å²) in [7, 11) is 0. The van der Waals surface area contributed by atoms with Crippen LogP contribution in [0.5, 0.6) is 0 Å². The van der Waals surface area contributed by atoms with E-state index in [-0.39, 0.29) is 18.1 Å². The normalized spacial score (nSPS) is 10.7. The first-order valence-corrected chi connectivity index (χ1v) is 8.41. The highest BCUT2D eigenvalue weighted by atomic mass is 19.1. The SMILES string of the molecule is CCN(Cc1cccc(F)c1)C(=O)CCc1nc(-c2cccnc2)no1. The van der Waals surface area contributed by atoms with Gasteiger partial charge in [-0.3, -0.25) is 9.78 Å². The molecule has 0 saturated carbocycles. The summed E-state index contributed by atoms with van der Waals surface area (Å²) in [6, 6.07) is 9.90. The quantitative estimate of drug-likeness (QED) is 0.651. The van der Waals surface area contributed by atoms with Gasteiger partial charge in [-0.25, -0.2) is 4.39 Å². The first kappa shape index (κ1) is 17.7. The number of pyridine rings is 1. The minimum absolute atomic E-state index is 0.0436. The average molecular weight is 354 g/mol. The average Bonchev–Trinajstić information content (AvgIpc) is 3.14. The second-order valence-corrected chi connectivity index (χ2v) is 5.79. The summed E-state index contributed by atoms with van der Waals surface area (Å²) in [6.07, 6.45) is 3.92. The first-order chi connectivity index (χ1) is 12.7. The highest BCUT2D eigenvalue weighted by molar-refractivity contribution is 5.76. The molecule has 0 atom stereocenters. The van der Waals surface area contributed by atoms with E-state index in [9.17, 15) is 9.18 Å². The highest BCUT2D eigenvalue weighted by Gasteiger charge is 2.15. The number of amides is 1. The van der Waals surface area contributed by atoms with Crippen molar-refractivity contribution in [3.8, 4) is 11.4 Å². The van der Waals surface area contributed by atoms with Gasteiger partial charge in [0.2, 0.25) is 17.6 Å². The minimum atomic E-state index is -0.306. The zero-order valence-electron chi connectivity index (χ0n) is 14.4. The van der Waals surface area contributed by atoms with Crippen molar-refractivity contribution in [2.24, 2.45) is 0 Å². The lowest BCUT2D eigenvalue weighted by Gasteiger charge is -2.20. The summed E-state index contributed by atoms with van der Waals surface area (Å²) < 4.78 is 18.5. The van der Waals surface area contributed by atoms with Crippen LogP contribution in [0, 0.1) is 5.82 Å². The third kappa shape index (κ3) is 4.50. The van der Waals surface area contributed by atoms with Crippen LogP contribution in [-0.2, 0) is 17.8 Å². The molecule has 2 heterocycles. The van der Waals surface area contributed by atoms with Gasteiger partial charge in [-0.05, 0) is 36.8 Å². The van der Waals surface area contributed by atoms with E-state index < -0.39 is 0 Å². The molecule has 0 unspecified atom stereocenters. The molecular formula is C19H19FN4O2. The van der Waals surface area contributed by atoms with Crippen molar-refractivity contribution >= 4 is 5.91 Å². The Labute approximate surface area is 150 Å². The molecule has 0 aliphatic carbocycles. The van der Waals surface area contributed by atoms with Crippen LogP contribution in [-0.4, -0.2) is 32.5 Å². The molecule has 7 heteroatoms. The Morgan fingerprint density at radius 2 is 2.15 bits per heavy atom. The first-order valence-electron chi connectivity index (χ1n) is 8.41. The predicted molar refractivity (Wildman–Crippen MR) is 93.3 cm³/mol. The van der Waals surface area contributed by atoms with Crippen molar-refractivity contribution in [1.29, 1.82) is 0 Å². The molecule has 0 N–H and O–H groups in total. The molecule has 1 amide bonds. The van der Waals surface area contributed by atoms with Crippen molar-refractivity contribution in [2.45, 2.75) is 26.3 Å². The zero-order chi connectivity index (χ0) is 18.4. The molecular weight excluding hydrogens is 335 g/mol. The molecule has 0 fully saturated rings. The fraction of sp³-hybridized carbons (Fsp3) is 0.263. The smallest absolute Gasteiger partial charge is 0.227 e. The summed E-state index contributed by atoms with van der Waals surface area (Å²) in [6.45, 7) is 2.81. The number of hydrogen-bond donors (Lipinski definition) is 0. The van der Waals surface area contributed by atoms with Crippen LogP contribution < -0.4 is 0 Å². The largest absolute Gasteiger partial charge is 0.339 e. The Balaban J connectivity index is 1.58. The lowest BCUT2D eigenvalue weighted by atomic mass is 10.2. The third-order valence-corrected chi connectivity index (χ3v) is 3.94. The monoisotopic (exact) mass is 354 g/mol. The van der Waals surface area contributed by atoms with Crippen LogP contribution >= 0.6 is 0 Å². The van der Waals surface area contributed by atoms with Crippen LogP contribution in [0.25, 0.3) is 11.4 Å². The molecule has 3 aromatic rings. The maximum Gasteiger partial charge on any atom is 0.227 e. The molecule has 0 saturated heterocycles. The summed E-state index contributed by atoms with van der Waals surface area (Å²) >= 11 is 0. The summed E-state index contributed by atoms with van der Waals surface area (Å²) in [5.41, 5.74) is 1.52. The minimum Gasteiger partial charge on any atom is -0.339 e. The maximum atomic E-state index is 13.3. The van der Waals surface area contributed by atoms with Gasteiger partial charge in [0.15, 0.2) is 0 Å². The van der Waals surface area contributed by atoms with Crippen LogP contribution in [0.15, 0.2) is 53.3 Å². The molecule has 0 radical (unpaired) electrons. The van der Waals surface area contributed by atoms with E-state index in [0.717, 1.165) is 11.1 Å². The van der Waals surface area contributed by atoms with E-state index in [1.807, 2.05) is 13.0 Å². The molecule has 1 aromatic carbocycles. The Hall–Kier alpha value is -3.09. The molecule has 0 aliphatic rings. The Morgan fingerprint density at radius 1 is 1.27 bits per heavy atom. The van der Waals surface area contributed by atoms with Crippen LogP contribution in [0.3, 0.4) is 0 Å². The van der Waals surface area contributed by atoms with Gasteiger partial charge in [-0.1, -0.05) is 17.3 Å². The van der Waals surface area contributed by atoms with Crippen molar-refractivity contribution in [3.05, 3.63) is 66.1 Å². The predicted octanol–water partition coefficient (Wildman–Crippen LogP) is 3.25. The molecule has 0 aliphatic heterocycles. The molecule has 26 heavy (non-hydrogen) atoms. The number of aromatic nitrogens is 3. The number of carbonyl (C=O) groups excluding carboxylic acids is 1. The summed E-state index contributed by atoms with van der Waals surface area (Å²) in [5.74, 6) is 0.504.